The Morgan fingerprint density at radius 3 is 1.92 bits per heavy atom. The van der Waals surface area contributed by atoms with E-state index in [4.69, 9.17) is 4.43 Å². The highest BCUT2D eigenvalue weighted by atomic mass is 79.9. The second kappa shape index (κ2) is 13.4. The molecule has 0 aliphatic heterocycles. The van der Waals surface area contributed by atoms with E-state index >= 15 is 0 Å². The number of allylic oxidation sites excluding steroid dienone is 3. The van der Waals surface area contributed by atoms with Gasteiger partial charge in [-0.15, -0.1) is 0 Å². The lowest BCUT2D eigenvalue weighted by Crippen LogP contribution is -2.66. The zero-order valence-electron chi connectivity index (χ0n) is 22.6. The average Bonchev–Trinajstić information content (AvgIpc) is 2.85. The molecule has 0 saturated heterocycles. The third-order valence-electron chi connectivity index (χ3n) is 6.78. The molecular weight excluding hydrogens is 520 g/mol. The van der Waals surface area contributed by atoms with Crippen LogP contribution in [-0.4, -0.2) is 14.9 Å². The lowest BCUT2D eigenvalue weighted by Gasteiger charge is -2.43. The fourth-order valence-corrected chi connectivity index (χ4v) is 9.91. The van der Waals surface area contributed by atoms with Gasteiger partial charge in [-0.05, 0) is 72.6 Å². The molecular formula is C33H41BrOSi. The number of aryl methyl sites for hydroxylation is 1. The van der Waals surface area contributed by atoms with Crippen molar-refractivity contribution in [3.05, 3.63) is 118 Å². The summed E-state index contributed by atoms with van der Waals surface area (Å²) in [6.07, 6.45) is 9.07. The Labute approximate surface area is 228 Å². The first kappa shape index (κ1) is 28.4. The van der Waals surface area contributed by atoms with Crippen LogP contribution in [0.1, 0.15) is 59.4 Å². The van der Waals surface area contributed by atoms with Gasteiger partial charge >= 0.3 is 0 Å². The standard InChI is InChI=1S/C33H41BrOSi/c1-27(16-13-18-29-19-14-20-30(34)25-29)15-12-17-28(2)26-35-36(33(3,4)5,31-21-8-6-9-22-31)32-23-10-7-11-24-32/h6-11,14,16-17,19-25H,12-13,15,18,26H2,1-5H3/b27-16+,28-17+. The highest BCUT2D eigenvalue weighted by Gasteiger charge is 2.50. The van der Waals surface area contributed by atoms with E-state index in [2.05, 4.69) is 148 Å². The maximum atomic E-state index is 7.06. The summed E-state index contributed by atoms with van der Waals surface area (Å²) in [6.45, 7) is 12.1. The van der Waals surface area contributed by atoms with Crippen LogP contribution in [0.2, 0.25) is 5.04 Å². The summed E-state index contributed by atoms with van der Waals surface area (Å²) >= 11 is 3.56. The molecule has 0 bridgehead atoms. The summed E-state index contributed by atoms with van der Waals surface area (Å²) in [4.78, 5) is 0. The molecule has 3 aromatic carbocycles. The molecule has 3 rings (SSSR count). The number of hydrogen-bond acceptors (Lipinski definition) is 1. The van der Waals surface area contributed by atoms with Crippen molar-refractivity contribution >= 4 is 34.6 Å². The maximum Gasteiger partial charge on any atom is 0.261 e. The van der Waals surface area contributed by atoms with E-state index in [0.29, 0.717) is 6.61 Å². The second-order valence-corrected chi connectivity index (χ2v) is 16.0. The molecule has 36 heavy (non-hydrogen) atoms. The van der Waals surface area contributed by atoms with Crippen molar-refractivity contribution in [2.75, 3.05) is 6.61 Å². The van der Waals surface area contributed by atoms with Crippen molar-refractivity contribution in [1.29, 1.82) is 0 Å². The van der Waals surface area contributed by atoms with Gasteiger partial charge in [-0.2, -0.15) is 0 Å². The molecule has 0 unspecified atom stereocenters. The Hall–Kier alpha value is -2.20. The average molecular weight is 562 g/mol. The van der Waals surface area contributed by atoms with Gasteiger partial charge in [-0.1, -0.05) is 133 Å². The molecule has 0 aliphatic rings. The molecule has 0 aromatic heterocycles. The normalized spacial score (nSPS) is 13.2. The van der Waals surface area contributed by atoms with Crippen molar-refractivity contribution < 1.29 is 4.43 Å². The van der Waals surface area contributed by atoms with Crippen LogP contribution in [0.4, 0.5) is 0 Å². The smallest absolute Gasteiger partial charge is 0.261 e. The van der Waals surface area contributed by atoms with Gasteiger partial charge in [0.25, 0.3) is 8.32 Å². The predicted octanol–water partition coefficient (Wildman–Crippen LogP) is 8.63. The van der Waals surface area contributed by atoms with Crippen molar-refractivity contribution in [3.8, 4) is 0 Å². The van der Waals surface area contributed by atoms with Crippen LogP contribution in [0.3, 0.4) is 0 Å². The number of hydrogen-bond donors (Lipinski definition) is 0. The van der Waals surface area contributed by atoms with Gasteiger partial charge in [-0.3, -0.25) is 0 Å². The van der Waals surface area contributed by atoms with Gasteiger partial charge in [0.2, 0.25) is 0 Å². The van der Waals surface area contributed by atoms with Crippen LogP contribution in [0, 0.1) is 0 Å². The Morgan fingerprint density at radius 2 is 1.36 bits per heavy atom. The van der Waals surface area contributed by atoms with Crippen LogP contribution < -0.4 is 10.4 Å². The molecule has 3 aromatic rings. The summed E-state index contributed by atoms with van der Waals surface area (Å²) in [5.41, 5.74) is 4.15. The van der Waals surface area contributed by atoms with E-state index in [1.54, 1.807) is 0 Å². The largest absolute Gasteiger partial charge is 0.403 e. The molecule has 0 heterocycles. The van der Waals surface area contributed by atoms with Gasteiger partial charge in [0.1, 0.15) is 0 Å². The lowest BCUT2D eigenvalue weighted by molar-refractivity contribution is 0.329. The second-order valence-electron chi connectivity index (χ2n) is 10.8. The molecule has 0 saturated carbocycles. The minimum atomic E-state index is -2.48. The van der Waals surface area contributed by atoms with Crippen LogP contribution in [-0.2, 0) is 10.8 Å². The van der Waals surface area contributed by atoms with Gasteiger partial charge in [0.15, 0.2) is 0 Å². The fourth-order valence-electron chi connectivity index (χ4n) is 4.87. The molecule has 0 fully saturated rings. The first-order chi connectivity index (χ1) is 17.2. The quantitative estimate of drug-likeness (QED) is 0.168. The maximum absolute atomic E-state index is 7.06. The third-order valence-corrected chi connectivity index (χ3v) is 12.3. The molecule has 0 amide bonds. The molecule has 1 nitrogen and oxygen atoms in total. The van der Waals surface area contributed by atoms with E-state index in [1.807, 2.05) is 0 Å². The van der Waals surface area contributed by atoms with Crippen molar-refractivity contribution in [2.24, 2.45) is 0 Å². The van der Waals surface area contributed by atoms with Crippen LogP contribution in [0.5, 0.6) is 0 Å². The summed E-state index contributed by atoms with van der Waals surface area (Å²) in [5.74, 6) is 0. The fraction of sp³-hybridized carbons (Fsp3) is 0.333. The highest BCUT2D eigenvalue weighted by Crippen LogP contribution is 2.37. The first-order valence-corrected chi connectivity index (χ1v) is 15.7. The van der Waals surface area contributed by atoms with Gasteiger partial charge < -0.3 is 4.43 Å². The minimum absolute atomic E-state index is 0.00362. The van der Waals surface area contributed by atoms with E-state index in [0.717, 1.165) is 30.2 Å². The Morgan fingerprint density at radius 1 is 0.778 bits per heavy atom. The lowest BCUT2D eigenvalue weighted by atomic mass is 10.1. The van der Waals surface area contributed by atoms with Crippen molar-refractivity contribution in [2.45, 2.75) is 65.3 Å². The minimum Gasteiger partial charge on any atom is -0.403 e. The number of rotatable bonds is 11. The number of halogens is 1. The molecule has 0 atom stereocenters. The van der Waals surface area contributed by atoms with Gasteiger partial charge in [0, 0.05) is 4.47 Å². The molecule has 0 aliphatic carbocycles. The summed E-state index contributed by atoms with van der Waals surface area (Å²) in [7, 11) is -2.48. The van der Waals surface area contributed by atoms with Crippen molar-refractivity contribution in [1.82, 2.24) is 0 Å². The van der Waals surface area contributed by atoms with Crippen LogP contribution in [0.15, 0.2) is 113 Å². The Balaban J connectivity index is 1.65. The highest BCUT2D eigenvalue weighted by molar-refractivity contribution is 9.10. The molecule has 190 valence electrons. The monoisotopic (exact) mass is 560 g/mol. The molecule has 0 spiro atoms. The molecule has 3 heteroatoms. The molecule has 0 N–H and O–H groups in total. The Kier molecular flexibility index (Phi) is 10.5. The summed E-state index contributed by atoms with van der Waals surface area (Å²) < 4.78 is 8.22. The van der Waals surface area contributed by atoms with E-state index in [9.17, 15) is 0 Å². The SMILES string of the molecule is C/C(=C\CCc1cccc(Br)c1)CC/C=C(\C)CO[Si](c1ccccc1)(c1ccccc1)C(C)(C)C. The van der Waals surface area contributed by atoms with E-state index < -0.39 is 8.32 Å². The van der Waals surface area contributed by atoms with E-state index in [1.165, 1.54) is 27.1 Å². The zero-order chi connectivity index (χ0) is 26.0. The van der Waals surface area contributed by atoms with Gasteiger partial charge in [0.05, 0.1) is 6.61 Å². The van der Waals surface area contributed by atoms with Crippen LogP contribution in [0.25, 0.3) is 0 Å². The van der Waals surface area contributed by atoms with Crippen LogP contribution >= 0.6 is 15.9 Å². The van der Waals surface area contributed by atoms with E-state index in [-0.39, 0.29) is 5.04 Å². The first-order valence-electron chi connectivity index (χ1n) is 13.0. The molecule has 0 radical (unpaired) electrons. The third kappa shape index (κ3) is 7.65. The summed E-state index contributed by atoms with van der Waals surface area (Å²) in [6, 6.07) is 30.4. The Bertz CT molecular complexity index is 1100. The zero-order valence-corrected chi connectivity index (χ0v) is 25.1. The topological polar surface area (TPSA) is 9.23 Å². The summed E-state index contributed by atoms with van der Waals surface area (Å²) in [5, 5.41) is 2.67. The van der Waals surface area contributed by atoms with Gasteiger partial charge in [-0.25, -0.2) is 0 Å². The predicted molar refractivity (Wildman–Crippen MR) is 163 cm³/mol. The number of benzene rings is 3. The van der Waals surface area contributed by atoms with Crippen molar-refractivity contribution in [3.63, 3.8) is 0 Å².